The summed E-state index contributed by atoms with van der Waals surface area (Å²) < 4.78 is 63.7. The number of halogens is 5. The summed E-state index contributed by atoms with van der Waals surface area (Å²) in [6.07, 6.45) is -4.30. The predicted molar refractivity (Wildman–Crippen MR) is 170 cm³/mol. The van der Waals surface area contributed by atoms with Gasteiger partial charge in [0.05, 0.1) is 5.39 Å². The average Bonchev–Trinajstić information content (AvgIpc) is 3.01. The van der Waals surface area contributed by atoms with Crippen molar-refractivity contribution in [3.63, 3.8) is 0 Å². The Morgan fingerprint density at radius 3 is 2.22 bits per heavy atom. The zero-order valence-electron chi connectivity index (χ0n) is 25.5. The van der Waals surface area contributed by atoms with E-state index in [0.717, 1.165) is 46.7 Å². The lowest BCUT2D eigenvalue weighted by atomic mass is 10.1. The van der Waals surface area contributed by atoms with E-state index in [-0.39, 0.29) is 18.8 Å². The number of anilines is 2. The lowest BCUT2D eigenvalue weighted by Crippen LogP contribution is -2.47. The molecule has 0 radical (unpaired) electrons. The molecular formula is C33H33ClF4N4O4. The van der Waals surface area contributed by atoms with E-state index in [2.05, 4.69) is 9.64 Å². The van der Waals surface area contributed by atoms with E-state index in [1.807, 2.05) is 31.7 Å². The number of carboxylic acids is 1. The van der Waals surface area contributed by atoms with Gasteiger partial charge in [0.15, 0.2) is 11.6 Å². The number of carboxylic acid groups (broad SMARTS) is 1. The van der Waals surface area contributed by atoms with Crippen molar-refractivity contribution in [2.75, 3.05) is 49.1 Å². The van der Waals surface area contributed by atoms with Gasteiger partial charge in [-0.25, -0.2) is 9.18 Å². The van der Waals surface area contributed by atoms with Gasteiger partial charge in [-0.05, 0) is 61.5 Å². The molecule has 13 heteroatoms. The molecule has 3 aromatic carbocycles. The smallest absolute Gasteiger partial charge is 0.477 e. The number of aryl methyl sites for hydroxylation is 1. The molecule has 1 aliphatic rings. The highest BCUT2D eigenvalue weighted by atomic mass is 35.5. The molecule has 0 aliphatic carbocycles. The summed E-state index contributed by atoms with van der Waals surface area (Å²) in [5, 5.41) is 9.76. The Morgan fingerprint density at radius 1 is 1.00 bits per heavy atom. The molecule has 46 heavy (non-hydrogen) atoms. The zero-order chi connectivity index (χ0) is 33.3. The van der Waals surface area contributed by atoms with Gasteiger partial charge >= 0.3 is 12.3 Å². The van der Waals surface area contributed by atoms with Crippen LogP contribution in [0.3, 0.4) is 0 Å². The number of aromatic nitrogens is 1. The number of fused-ring (bicyclic) bond motifs is 1. The number of pyridine rings is 1. The Morgan fingerprint density at radius 2 is 1.63 bits per heavy atom. The minimum Gasteiger partial charge on any atom is -0.477 e. The van der Waals surface area contributed by atoms with Gasteiger partial charge in [0.2, 0.25) is 5.43 Å². The van der Waals surface area contributed by atoms with Crippen molar-refractivity contribution in [2.24, 2.45) is 0 Å². The molecule has 0 saturated carbocycles. The maximum absolute atomic E-state index is 15.9. The lowest BCUT2D eigenvalue weighted by molar-refractivity contribution is -0.274. The second-order valence-corrected chi connectivity index (χ2v) is 11.5. The Hall–Kier alpha value is -4.29. The number of hydrogen-bond acceptors (Lipinski definition) is 6. The number of piperazine rings is 1. The Labute approximate surface area is 268 Å². The van der Waals surface area contributed by atoms with Crippen molar-refractivity contribution in [3.8, 4) is 11.4 Å². The quantitative estimate of drug-likeness (QED) is 0.197. The largest absolute Gasteiger partial charge is 0.573 e. The number of nitrogens with zero attached hydrogens (tertiary/aromatic N) is 4. The highest BCUT2D eigenvalue weighted by molar-refractivity contribution is 6.30. The number of carbonyl (C=O) groups is 1. The first-order valence-corrected chi connectivity index (χ1v) is 15.2. The lowest BCUT2D eigenvalue weighted by Gasteiger charge is -2.39. The zero-order valence-corrected chi connectivity index (χ0v) is 26.3. The molecule has 244 valence electrons. The maximum Gasteiger partial charge on any atom is 0.573 e. The monoisotopic (exact) mass is 660 g/mol. The molecular weight excluding hydrogens is 628 g/mol. The summed E-state index contributed by atoms with van der Waals surface area (Å²) in [5.74, 6) is -3.66. The van der Waals surface area contributed by atoms with Gasteiger partial charge in [0.25, 0.3) is 0 Å². The molecule has 1 aliphatic heterocycles. The van der Waals surface area contributed by atoms with Crippen LogP contribution in [0.25, 0.3) is 16.6 Å². The Balaban J connectivity index is 1.67. The van der Waals surface area contributed by atoms with Gasteiger partial charge in [-0.2, -0.15) is 0 Å². The van der Waals surface area contributed by atoms with E-state index >= 15 is 4.39 Å². The molecule has 5 rings (SSSR count). The van der Waals surface area contributed by atoms with E-state index in [0.29, 0.717) is 24.7 Å². The number of alkyl halides is 3. The van der Waals surface area contributed by atoms with Gasteiger partial charge in [-0.1, -0.05) is 43.6 Å². The molecule has 0 unspecified atom stereocenters. The van der Waals surface area contributed by atoms with Gasteiger partial charge in [0, 0.05) is 55.3 Å². The first-order valence-electron chi connectivity index (χ1n) is 14.8. The molecule has 2 heterocycles. The molecule has 1 aromatic heterocycles. The average molecular weight is 661 g/mol. The van der Waals surface area contributed by atoms with Crippen molar-refractivity contribution in [3.05, 3.63) is 92.5 Å². The van der Waals surface area contributed by atoms with Crippen molar-refractivity contribution in [1.29, 1.82) is 0 Å². The third kappa shape index (κ3) is 6.78. The standard InChI is InChI=1S/C33H33ClF4N4O4/c1-4-39(5-2)18-21-7-10-23(11-8-21)42-19-25(32(44)45)30(43)24-17-26(35)29(31(28(24)42)46-33(36,37)38)41-14-12-40(13-15-41)27-16-22(34)9-6-20(27)3/h6-11,16-17,19H,4-5,12-15,18H2,1-3H3,(H,44,45). The predicted octanol–water partition coefficient (Wildman–Crippen LogP) is 6.86. The van der Waals surface area contributed by atoms with Crippen LogP contribution in [0, 0.1) is 12.7 Å². The second kappa shape index (κ2) is 13.2. The summed E-state index contributed by atoms with van der Waals surface area (Å²) in [5.41, 5.74) is 0.278. The fourth-order valence-corrected chi connectivity index (χ4v) is 6.01. The molecule has 0 amide bonds. The van der Waals surface area contributed by atoms with Crippen LogP contribution in [-0.2, 0) is 6.54 Å². The number of hydrogen-bond donors (Lipinski definition) is 1. The van der Waals surface area contributed by atoms with Gasteiger partial charge in [-0.15, -0.1) is 13.2 Å². The number of rotatable bonds is 9. The van der Waals surface area contributed by atoms with E-state index in [4.69, 9.17) is 11.6 Å². The van der Waals surface area contributed by atoms with Crippen molar-refractivity contribution in [1.82, 2.24) is 9.47 Å². The SMILES string of the molecule is CCN(CC)Cc1ccc(-n2cc(C(=O)O)c(=O)c3cc(F)c(N4CCN(c5cc(Cl)ccc5C)CC4)c(OC(F)(F)F)c32)cc1. The molecule has 0 spiro atoms. The number of aromatic carboxylic acids is 1. The molecule has 1 N–H and O–H groups in total. The topological polar surface area (TPSA) is 78.2 Å². The Bertz CT molecular complexity index is 1820. The molecule has 1 fully saturated rings. The van der Waals surface area contributed by atoms with Crippen LogP contribution in [0.15, 0.2) is 59.5 Å². The fourth-order valence-electron chi connectivity index (χ4n) is 5.84. The van der Waals surface area contributed by atoms with Crippen molar-refractivity contribution < 1.29 is 32.2 Å². The maximum atomic E-state index is 15.9. The number of benzene rings is 3. The summed E-state index contributed by atoms with van der Waals surface area (Å²) >= 11 is 6.20. The van der Waals surface area contributed by atoms with Crippen LogP contribution in [-0.4, -0.2) is 66.2 Å². The molecule has 0 atom stereocenters. The van der Waals surface area contributed by atoms with Crippen LogP contribution >= 0.6 is 11.6 Å². The highest BCUT2D eigenvalue weighted by Gasteiger charge is 2.37. The minimum atomic E-state index is -5.25. The van der Waals surface area contributed by atoms with Gasteiger partial charge in [0.1, 0.15) is 16.8 Å². The summed E-state index contributed by atoms with van der Waals surface area (Å²) in [7, 11) is 0. The highest BCUT2D eigenvalue weighted by Crippen LogP contribution is 2.42. The molecule has 0 bridgehead atoms. The van der Waals surface area contributed by atoms with Gasteiger partial charge in [-0.3, -0.25) is 9.69 Å². The van der Waals surface area contributed by atoms with E-state index < -0.39 is 51.5 Å². The third-order valence-electron chi connectivity index (χ3n) is 8.24. The van der Waals surface area contributed by atoms with E-state index in [9.17, 15) is 27.9 Å². The van der Waals surface area contributed by atoms with Crippen molar-refractivity contribution >= 4 is 39.8 Å². The summed E-state index contributed by atoms with van der Waals surface area (Å²) in [6.45, 7) is 9.12. The number of ether oxygens (including phenoxy) is 1. The third-order valence-corrected chi connectivity index (χ3v) is 8.48. The van der Waals surface area contributed by atoms with Gasteiger partial charge < -0.3 is 24.2 Å². The Kier molecular flexibility index (Phi) is 9.50. The minimum absolute atomic E-state index is 0.125. The molecule has 8 nitrogen and oxygen atoms in total. The van der Waals surface area contributed by atoms with E-state index in [1.165, 1.54) is 4.90 Å². The summed E-state index contributed by atoms with van der Waals surface area (Å²) in [4.78, 5) is 31.0. The van der Waals surface area contributed by atoms with Crippen molar-refractivity contribution in [2.45, 2.75) is 33.7 Å². The molecule has 1 saturated heterocycles. The first kappa shape index (κ1) is 33.1. The normalized spacial score (nSPS) is 13.9. The second-order valence-electron chi connectivity index (χ2n) is 11.1. The first-order chi connectivity index (χ1) is 21.8. The fraction of sp³-hybridized carbons (Fsp3) is 0.333. The van der Waals surface area contributed by atoms with Crippen LogP contribution in [0.2, 0.25) is 5.02 Å². The van der Waals surface area contributed by atoms with Crippen LogP contribution in [0.4, 0.5) is 28.9 Å². The summed E-state index contributed by atoms with van der Waals surface area (Å²) in [6, 6.07) is 13.0. The van der Waals surface area contributed by atoms with Crippen LogP contribution in [0.1, 0.15) is 35.3 Å². The molecule has 4 aromatic rings. The van der Waals surface area contributed by atoms with Crippen LogP contribution in [0.5, 0.6) is 5.75 Å². The van der Waals surface area contributed by atoms with E-state index in [1.54, 1.807) is 36.4 Å². The van der Waals surface area contributed by atoms with Crippen LogP contribution < -0.4 is 20.0 Å².